The Kier molecular flexibility index (Phi) is 4.26. The van der Waals surface area contributed by atoms with Crippen molar-refractivity contribution < 1.29 is 0 Å². The Morgan fingerprint density at radius 3 is 3.00 bits per heavy atom. The van der Waals surface area contributed by atoms with Crippen molar-refractivity contribution in [1.82, 2.24) is 0 Å². The van der Waals surface area contributed by atoms with Crippen LogP contribution in [0.15, 0.2) is 18.2 Å². The van der Waals surface area contributed by atoms with Gasteiger partial charge in [-0.05, 0) is 42.9 Å². The Hall–Kier alpha value is -0.980. The zero-order chi connectivity index (χ0) is 11.2. The summed E-state index contributed by atoms with van der Waals surface area (Å²) in [6, 6.07) is 6.93. The normalized spacial score (nSPS) is 14.3. The van der Waals surface area contributed by atoms with E-state index in [2.05, 4.69) is 30.4 Å². The molecule has 0 aromatic heterocycles. The summed E-state index contributed by atoms with van der Waals surface area (Å²) < 4.78 is 0. The largest absolute Gasteiger partial charge is 0.385 e. The van der Waals surface area contributed by atoms with Crippen molar-refractivity contribution >= 4 is 5.69 Å². The highest BCUT2D eigenvalue weighted by atomic mass is 14.9. The maximum absolute atomic E-state index is 3.88. The molecular formula is C15H22N. The lowest BCUT2D eigenvalue weighted by atomic mass is 9.98. The van der Waals surface area contributed by atoms with Gasteiger partial charge in [0.2, 0.25) is 0 Å². The van der Waals surface area contributed by atoms with Gasteiger partial charge in [-0.25, -0.2) is 0 Å². The SMILES string of the molecule is [CH2]CCCCCc1ccc2c(c1)CCCN2. The quantitative estimate of drug-likeness (QED) is 0.734. The zero-order valence-electron chi connectivity index (χ0n) is 10.1. The van der Waals surface area contributed by atoms with Crippen LogP contribution in [0.2, 0.25) is 0 Å². The van der Waals surface area contributed by atoms with E-state index >= 15 is 0 Å². The van der Waals surface area contributed by atoms with Gasteiger partial charge in [-0.15, -0.1) is 0 Å². The number of aryl methyl sites for hydroxylation is 2. The molecule has 0 saturated heterocycles. The molecule has 1 aromatic rings. The summed E-state index contributed by atoms with van der Waals surface area (Å²) in [5.41, 5.74) is 4.38. The molecule has 1 heterocycles. The van der Waals surface area contributed by atoms with E-state index in [1.54, 1.807) is 0 Å². The first-order valence-corrected chi connectivity index (χ1v) is 6.55. The molecule has 0 saturated carbocycles. The summed E-state index contributed by atoms with van der Waals surface area (Å²) in [7, 11) is 0. The van der Waals surface area contributed by atoms with Crippen molar-refractivity contribution in [2.75, 3.05) is 11.9 Å². The average molecular weight is 216 g/mol. The molecular weight excluding hydrogens is 194 g/mol. The number of hydrogen-bond donors (Lipinski definition) is 1. The van der Waals surface area contributed by atoms with Crippen LogP contribution in [-0.4, -0.2) is 6.54 Å². The van der Waals surface area contributed by atoms with E-state index in [4.69, 9.17) is 0 Å². The average Bonchev–Trinajstić information content (AvgIpc) is 2.34. The minimum absolute atomic E-state index is 1.08. The van der Waals surface area contributed by atoms with E-state index in [1.807, 2.05) is 0 Å². The van der Waals surface area contributed by atoms with Crippen LogP contribution in [0.1, 0.15) is 43.2 Å². The number of anilines is 1. The second-order valence-electron chi connectivity index (χ2n) is 4.69. The Labute approximate surface area is 99.3 Å². The van der Waals surface area contributed by atoms with E-state index in [1.165, 1.54) is 55.3 Å². The second-order valence-corrected chi connectivity index (χ2v) is 4.69. The molecule has 0 aliphatic carbocycles. The molecule has 0 unspecified atom stereocenters. The minimum atomic E-state index is 1.08. The third kappa shape index (κ3) is 3.01. The van der Waals surface area contributed by atoms with E-state index in [-0.39, 0.29) is 0 Å². The number of nitrogens with one attached hydrogen (secondary N) is 1. The summed E-state index contributed by atoms with van der Waals surface area (Å²) in [5.74, 6) is 0. The first kappa shape index (κ1) is 11.5. The molecule has 2 rings (SSSR count). The maximum atomic E-state index is 3.88. The highest BCUT2D eigenvalue weighted by Gasteiger charge is 2.08. The van der Waals surface area contributed by atoms with Crippen molar-refractivity contribution in [3.8, 4) is 0 Å². The summed E-state index contributed by atoms with van der Waals surface area (Å²) >= 11 is 0. The molecule has 1 nitrogen and oxygen atoms in total. The van der Waals surface area contributed by atoms with Crippen LogP contribution in [0.3, 0.4) is 0 Å². The van der Waals surface area contributed by atoms with Gasteiger partial charge in [0.15, 0.2) is 0 Å². The summed E-state index contributed by atoms with van der Waals surface area (Å²) in [5, 5.41) is 3.46. The number of rotatable bonds is 5. The van der Waals surface area contributed by atoms with Crippen molar-refractivity contribution in [3.63, 3.8) is 0 Å². The molecule has 1 aromatic carbocycles. The molecule has 1 aliphatic rings. The van der Waals surface area contributed by atoms with Crippen LogP contribution in [0.25, 0.3) is 0 Å². The third-order valence-corrected chi connectivity index (χ3v) is 3.32. The van der Waals surface area contributed by atoms with Gasteiger partial charge < -0.3 is 5.32 Å². The number of benzene rings is 1. The summed E-state index contributed by atoms with van der Waals surface area (Å²) in [6.45, 7) is 5.01. The first-order chi connectivity index (χ1) is 7.90. The fourth-order valence-electron chi connectivity index (χ4n) is 2.37. The predicted molar refractivity (Wildman–Crippen MR) is 70.8 cm³/mol. The zero-order valence-corrected chi connectivity index (χ0v) is 10.1. The summed E-state index contributed by atoms with van der Waals surface area (Å²) in [6.07, 6.45) is 8.72. The van der Waals surface area contributed by atoms with Gasteiger partial charge in [0.25, 0.3) is 0 Å². The molecule has 1 aliphatic heterocycles. The van der Waals surface area contributed by atoms with Crippen molar-refractivity contribution in [2.45, 2.75) is 44.9 Å². The fraction of sp³-hybridized carbons (Fsp3) is 0.533. The van der Waals surface area contributed by atoms with Crippen molar-refractivity contribution in [2.24, 2.45) is 0 Å². The smallest absolute Gasteiger partial charge is 0.0372 e. The first-order valence-electron chi connectivity index (χ1n) is 6.55. The second kappa shape index (κ2) is 5.93. The fourth-order valence-corrected chi connectivity index (χ4v) is 2.37. The predicted octanol–water partition coefficient (Wildman–Crippen LogP) is 3.98. The van der Waals surface area contributed by atoms with E-state index in [0.29, 0.717) is 0 Å². The Balaban J connectivity index is 1.90. The van der Waals surface area contributed by atoms with Gasteiger partial charge in [-0.1, -0.05) is 38.3 Å². The van der Waals surface area contributed by atoms with Crippen LogP contribution in [-0.2, 0) is 12.8 Å². The van der Waals surface area contributed by atoms with Gasteiger partial charge in [-0.3, -0.25) is 0 Å². The van der Waals surface area contributed by atoms with Gasteiger partial charge in [0.1, 0.15) is 0 Å². The van der Waals surface area contributed by atoms with Gasteiger partial charge >= 0.3 is 0 Å². The minimum Gasteiger partial charge on any atom is -0.385 e. The molecule has 1 heteroatoms. The summed E-state index contributed by atoms with van der Waals surface area (Å²) in [4.78, 5) is 0. The number of unbranched alkanes of at least 4 members (excludes halogenated alkanes) is 3. The molecule has 1 N–H and O–H groups in total. The molecule has 87 valence electrons. The topological polar surface area (TPSA) is 12.0 Å². The highest BCUT2D eigenvalue weighted by Crippen LogP contribution is 2.23. The van der Waals surface area contributed by atoms with Crippen LogP contribution in [0, 0.1) is 6.92 Å². The number of hydrogen-bond acceptors (Lipinski definition) is 1. The van der Waals surface area contributed by atoms with E-state index in [0.717, 1.165) is 13.0 Å². The van der Waals surface area contributed by atoms with Gasteiger partial charge in [0, 0.05) is 12.2 Å². The van der Waals surface area contributed by atoms with Crippen LogP contribution >= 0.6 is 0 Å². The van der Waals surface area contributed by atoms with Crippen molar-refractivity contribution in [1.29, 1.82) is 0 Å². The molecule has 0 amide bonds. The highest BCUT2D eigenvalue weighted by molar-refractivity contribution is 5.54. The lowest BCUT2D eigenvalue weighted by Crippen LogP contribution is -2.11. The van der Waals surface area contributed by atoms with Crippen LogP contribution in [0.4, 0.5) is 5.69 Å². The Morgan fingerprint density at radius 2 is 2.12 bits per heavy atom. The molecule has 0 bridgehead atoms. The Morgan fingerprint density at radius 1 is 1.19 bits per heavy atom. The van der Waals surface area contributed by atoms with Gasteiger partial charge in [0.05, 0.1) is 0 Å². The number of fused-ring (bicyclic) bond motifs is 1. The van der Waals surface area contributed by atoms with Crippen molar-refractivity contribution in [3.05, 3.63) is 36.2 Å². The van der Waals surface area contributed by atoms with Gasteiger partial charge in [-0.2, -0.15) is 0 Å². The Bertz CT molecular complexity index is 330. The molecule has 16 heavy (non-hydrogen) atoms. The van der Waals surface area contributed by atoms with Crippen LogP contribution in [0.5, 0.6) is 0 Å². The van der Waals surface area contributed by atoms with E-state index in [9.17, 15) is 0 Å². The lowest BCUT2D eigenvalue weighted by molar-refractivity contribution is 0.685. The molecule has 0 spiro atoms. The lowest BCUT2D eigenvalue weighted by Gasteiger charge is -2.18. The van der Waals surface area contributed by atoms with E-state index < -0.39 is 0 Å². The maximum Gasteiger partial charge on any atom is 0.0372 e. The van der Waals surface area contributed by atoms with Crippen LogP contribution < -0.4 is 5.32 Å². The monoisotopic (exact) mass is 216 g/mol. The molecule has 0 fully saturated rings. The molecule has 0 atom stereocenters. The molecule has 1 radical (unpaired) electrons. The standard InChI is InChI=1S/C15H22N/c1-2-3-4-5-7-13-9-10-15-14(12-13)8-6-11-16-15/h9-10,12,16H,1-8,11H2. The third-order valence-electron chi connectivity index (χ3n) is 3.32.